The predicted molar refractivity (Wildman–Crippen MR) is 90.1 cm³/mol. The van der Waals surface area contributed by atoms with Gasteiger partial charge < -0.3 is 14.6 Å². The zero-order valence-electron chi connectivity index (χ0n) is 14.3. The topological polar surface area (TPSA) is 104 Å². The third-order valence-corrected chi connectivity index (χ3v) is 4.51. The Hall–Kier alpha value is -1.76. The summed E-state index contributed by atoms with van der Waals surface area (Å²) in [7, 11) is -2.64. The predicted octanol–water partition coefficient (Wildman–Crippen LogP) is 1.50. The smallest absolute Gasteiger partial charge is 0.319 e. The number of amides is 1. The summed E-state index contributed by atoms with van der Waals surface area (Å²) in [5.74, 6) is -0.815. The lowest BCUT2D eigenvalue weighted by Gasteiger charge is -2.36. The van der Waals surface area contributed by atoms with Crippen molar-refractivity contribution < 1.29 is 27.9 Å². The lowest BCUT2D eigenvalue weighted by atomic mass is 9.87. The maximum atomic E-state index is 12.2. The lowest BCUT2D eigenvalue weighted by molar-refractivity contribution is -0.143. The number of rotatable bonds is 7. The number of pyridine rings is 1. The quantitative estimate of drug-likeness (QED) is 0.573. The second kappa shape index (κ2) is 9.08. The first kappa shape index (κ1) is 19.6. The van der Waals surface area contributed by atoms with Crippen LogP contribution in [0, 0.1) is 5.41 Å². The van der Waals surface area contributed by atoms with Crippen LogP contribution in [0.5, 0.6) is 0 Å². The van der Waals surface area contributed by atoms with E-state index in [-0.39, 0.29) is 26.2 Å². The normalized spacial score (nSPS) is 22.2. The summed E-state index contributed by atoms with van der Waals surface area (Å²) >= 11 is 0. The number of aromatic nitrogens is 1. The van der Waals surface area contributed by atoms with Crippen molar-refractivity contribution in [3.63, 3.8) is 0 Å². The van der Waals surface area contributed by atoms with E-state index in [0.717, 1.165) is 5.69 Å². The van der Waals surface area contributed by atoms with Crippen LogP contribution in [0.1, 0.15) is 26.0 Å². The van der Waals surface area contributed by atoms with Gasteiger partial charge in [-0.1, -0.05) is 19.9 Å². The molecular weight excluding hydrogens is 347 g/mol. The zero-order chi connectivity index (χ0) is 18.3. The van der Waals surface area contributed by atoms with Crippen molar-refractivity contribution in [3.8, 4) is 0 Å². The van der Waals surface area contributed by atoms with Crippen LogP contribution < -0.4 is 5.32 Å². The van der Waals surface area contributed by atoms with Crippen LogP contribution in [0.3, 0.4) is 0 Å². The molecule has 2 atom stereocenters. The van der Waals surface area contributed by atoms with E-state index in [1.54, 1.807) is 20.0 Å². The Balaban J connectivity index is 1.66. The molecule has 1 N–H and O–H groups in total. The van der Waals surface area contributed by atoms with Crippen molar-refractivity contribution in [1.82, 2.24) is 10.3 Å². The fourth-order valence-corrected chi connectivity index (χ4v) is 3.46. The van der Waals surface area contributed by atoms with Crippen LogP contribution in [0.15, 0.2) is 24.4 Å². The first-order valence-electron chi connectivity index (χ1n) is 8.05. The number of carbonyl (C=O) groups excluding carboxylic acids is 2. The van der Waals surface area contributed by atoms with Crippen molar-refractivity contribution in [2.75, 3.05) is 19.8 Å². The summed E-state index contributed by atoms with van der Waals surface area (Å²) in [6.45, 7) is 4.12. The number of nitrogens with one attached hydrogen (secondary N) is 1. The fraction of sp³-hybridized carbons (Fsp3) is 0.562. The molecule has 0 bridgehead atoms. The van der Waals surface area contributed by atoms with Crippen molar-refractivity contribution in [3.05, 3.63) is 30.1 Å². The summed E-state index contributed by atoms with van der Waals surface area (Å²) in [5, 5.41) is 2.61. The molecule has 0 saturated carbocycles. The Bertz CT molecular complexity index is 622. The highest BCUT2D eigenvalue weighted by Gasteiger charge is 2.41. The van der Waals surface area contributed by atoms with Gasteiger partial charge in [-0.3, -0.25) is 23.7 Å². The standard InChI is InChI=1S/C16H23N2O6P/c1-16(2)11-23-25(21)24-14(16)15(20)18-9-6-13(19)22-10-7-12-5-3-4-8-17-12/h3-5,8,14,25H,6-7,9-11H2,1-2H3,(H,18,20)/t14-/m0/s1. The lowest BCUT2D eigenvalue weighted by Crippen LogP contribution is -2.48. The molecule has 8 nitrogen and oxygen atoms in total. The minimum Gasteiger partial charge on any atom is -0.465 e. The van der Waals surface area contributed by atoms with E-state index in [0.29, 0.717) is 6.42 Å². The highest BCUT2D eigenvalue weighted by Crippen LogP contribution is 2.41. The summed E-state index contributed by atoms with van der Waals surface area (Å²) in [4.78, 5) is 28.0. The molecule has 9 heteroatoms. The molecule has 138 valence electrons. The first-order valence-corrected chi connectivity index (χ1v) is 9.27. The summed E-state index contributed by atoms with van der Waals surface area (Å²) < 4.78 is 26.6. The number of hydrogen-bond acceptors (Lipinski definition) is 7. The average Bonchev–Trinajstić information content (AvgIpc) is 2.58. The molecule has 1 aliphatic rings. The van der Waals surface area contributed by atoms with Crippen LogP contribution in [0.2, 0.25) is 0 Å². The van der Waals surface area contributed by atoms with Crippen molar-refractivity contribution in [2.24, 2.45) is 5.41 Å². The summed E-state index contributed by atoms with van der Waals surface area (Å²) in [5.41, 5.74) is 0.254. The second-order valence-corrected chi connectivity index (χ2v) is 7.38. The molecule has 1 aromatic rings. The van der Waals surface area contributed by atoms with Gasteiger partial charge in [0.25, 0.3) is 0 Å². The average molecular weight is 370 g/mol. The van der Waals surface area contributed by atoms with Gasteiger partial charge in [0, 0.05) is 30.3 Å². The van der Waals surface area contributed by atoms with E-state index in [2.05, 4.69) is 10.3 Å². The van der Waals surface area contributed by atoms with Gasteiger partial charge in [0.15, 0.2) is 6.10 Å². The number of ether oxygens (including phenoxy) is 1. The van der Waals surface area contributed by atoms with Gasteiger partial charge in [0.2, 0.25) is 5.91 Å². The molecule has 1 fully saturated rings. The maximum Gasteiger partial charge on any atom is 0.319 e. The molecule has 0 radical (unpaired) electrons. The minimum absolute atomic E-state index is 0.0484. The van der Waals surface area contributed by atoms with E-state index in [9.17, 15) is 14.2 Å². The van der Waals surface area contributed by atoms with E-state index in [1.807, 2.05) is 18.2 Å². The Kier molecular flexibility index (Phi) is 7.11. The highest BCUT2D eigenvalue weighted by molar-refractivity contribution is 7.33. The highest BCUT2D eigenvalue weighted by atomic mass is 31.1. The second-order valence-electron chi connectivity index (χ2n) is 6.36. The minimum atomic E-state index is -2.64. The molecule has 1 amide bonds. The Morgan fingerprint density at radius 1 is 1.44 bits per heavy atom. The SMILES string of the molecule is CC1(C)CO[PH](=O)O[C@H]1C(=O)NCCC(=O)OCCc1ccccn1. The molecule has 0 spiro atoms. The summed E-state index contributed by atoms with van der Waals surface area (Å²) in [6, 6.07) is 5.54. The van der Waals surface area contributed by atoms with Crippen LogP contribution in [-0.2, 0) is 34.4 Å². The third-order valence-electron chi connectivity index (χ3n) is 3.70. The van der Waals surface area contributed by atoms with E-state index in [4.69, 9.17) is 13.8 Å². The fourth-order valence-electron chi connectivity index (χ4n) is 2.29. The Labute approximate surface area is 147 Å². The molecule has 1 aliphatic heterocycles. The van der Waals surface area contributed by atoms with Crippen molar-refractivity contribution in [1.29, 1.82) is 0 Å². The molecular formula is C16H23N2O6P. The summed E-state index contributed by atoms with van der Waals surface area (Å²) in [6.07, 6.45) is 1.40. The molecule has 1 saturated heterocycles. The van der Waals surface area contributed by atoms with Gasteiger partial charge in [0.1, 0.15) is 0 Å². The molecule has 1 aromatic heterocycles. The van der Waals surface area contributed by atoms with Gasteiger partial charge >= 0.3 is 14.2 Å². The zero-order valence-corrected chi connectivity index (χ0v) is 15.3. The molecule has 0 aliphatic carbocycles. The van der Waals surface area contributed by atoms with Gasteiger partial charge in [-0.05, 0) is 12.1 Å². The maximum absolute atomic E-state index is 12.2. The molecule has 2 rings (SSSR count). The van der Waals surface area contributed by atoms with Crippen LogP contribution in [-0.4, -0.2) is 42.7 Å². The molecule has 1 unspecified atom stereocenters. The molecule has 2 heterocycles. The molecule has 0 aromatic carbocycles. The van der Waals surface area contributed by atoms with Gasteiger partial charge in [0.05, 0.1) is 19.6 Å². The monoisotopic (exact) mass is 370 g/mol. The van der Waals surface area contributed by atoms with Gasteiger partial charge in [-0.25, -0.2) is 0 Å². The van der Waals surface area contributed by atoms with Crippen LogP contribution >= 0.6 is 8.25 Å². The first-order chi connectivity index (χ1) is 11.9. The van der Waals surface area contributed by atoms with E-state index < -0.39 is 31.7 Å². The van der Waals surface area contributed by atoms with Gasteiger partial charge in [-0.2, -0.15) is 0 Å². The van der Waals surface area contributed by atoms with Crippen molar-refractivity contribution in [2.45, 2.75) is 32.8 Å². The largest absolute Gasteiger partial charge is 0.465 e. The van der Waals surface area contributed by atoms with Crippen LogP contribution in [0.4, 0.5) is 0 Å². The number of carbonyl (C=O) groups is 2. The Morgan fingerprint density at radius 2 is 2.24 bits per heavy atom. The Morgan fingerprint density at radius 3 is 2.96 bits per heavy atom. The molecule has 25 heavy (non-hydrogen) atoms. The van der Waals surface area contributed by atoms with E-state index in [1.165, 1.54) is 0 Å². The third kappa shape index (κ3) is 6.23. The van der Waals surface area contributed by atoms with Gasteiger partial charge in [-0.15, -0.1) is 0 Å². The number of nitrogens with zero attached hydrogens (tertiary/aromatic N) is 1. The van der Waals surface area contributed by atoms with E-state index >= 15 is 0 Å². The van der Waals surface area contributed by atoms with Crippen LogP contribution in [0.25, 0.3) is 0 Å². The number of esters is 1. The number of hydrogen-bond donors (Lipinski definition) is 1. The van der Waals surface area contributed by atoms with Crippen molar-refractivity contribution >= 4 is 20.1 Å².